The number of guanidine groups is 1. The zero-order valence-electron chi connectivity index (χ0n) is 19.2. The van der Waals surface area contributed by atoms with Gasteiger partial charge in [-0.1, -0.05) is 13.8 Å². The molecule has 15 nitrogen and oxygen atoms in total. The number of aliphatic hydroxyl groups excluding tert-OH is 1. The maximum absolute atomic E-state index is 12.9. The van der Waals surface area contributed by atoms with Crippen LogP contribution in [0, 0.1) is 5.92 Å². The van der Waals surface area contributed by atoms with Gasteiger partial charge in [-0.15, -0.1) is 0 Å². The molecule has 4 unspecified atom stereocenters. The van der Waals surface area contributed by atoms with E-state index in [1.165, 1.54) is 0 Å². The lowest BCUT2D eigenvalue weighted by molar-refractivity contribution is -0.147. The lowest BCUT2D eigenvalue weighted by Gasteiger charge is -2.25. The average Bonchev–Trinajstić information content (AvgIpc) is 2.72. The van der Waals surface area contributed by atoms with Crippen LogP contribution in [-0.2, 0) is 24.0 Å². The molecule has 0 spiro atoms. The molecule has 0 saturated carbocycles. The van der Waals surface area contributed by atoms with E-state index in [2.05, 4.69) is 20.9 Å². The van der Waals surface area contributed by atoms with Gasteiger partial charge in [0.05, 0.1) is 13.0 Å². The van der Waals surface area contributed by atoms with Gasteiger partial charge in [0.2, 0.25) is 17.7 Å². The minimum atomic E-state index is -1.70. The summed E-state index contributed by atoms with van der Waals surface area (Å²) in [6, 6.07) is -5.37. The van der Waals surface area contributed by atoms with Crippen molar-refractivity contribution in [1.29, 1.82) is 0 Å². The van der Waals surface area contributed by atoms with Crippen molar-refractivity contribution < 1.29 is 39.3 Å². The lowest BCUT2D eigenvalue weighted by Crippen LogP contribution is -2.57. The van der Waals surface area contributed by atoms with Gasteiger partial charge >= 0.3 is 11.9 Å². The first-order chi connectivity index (χ1) is 15.8. The number of rotatable bonds is 16. The Balaban J connectivity index is 5.55. The van der Waals surface area contributed by atoms with E-state index in [1.807, 2.05) is 0 Å². The van der Waals surface area contributed by atoms with E-state index >= 15 is 0 Å². The number of aliphatic carboxylic acids is 2. The van der Waals surface area contributed by atoms with Crippen molar-refractivity contribution >= 4 is 35.6 Å². The minimum absolute atomic E-state index is 0.0548. The molecule has 0 aliphatic rings. The molecular weight excluding hydrogens is 454 g/mol. The molecule has 194 valence electrons. The summed E-state index contributed by atoms with van der Waals surface area (Å²) in [7, 11) is 0. The maximum Gasteiger partial charge on any atom is 0.326 e. The van der Waals surface area contributed by atoms with Gasteiger partial charge in [0.25, 0.3) is 0 Å². The summed E-state index contributed by atoms with van der Waals surface area (Å²) in [6.07, 6.45) is -0.432. The fourth-order valence-corrected chi connectivity index (χ4v) is 2.76. The number of nitrogens with two attached hydrogens (primary N) is 3. The maximum atomic E-state index is 12.9. The number of carboxylic acids is 2. The molecular formula is C19H35N7O8. The van der Waals surface area contributed by atoms with Crippen molar-refractivity contribution in [2.75, 3.05) is 13.2 Å². The molecule has 0 aromatic carbocycles. The third kappa shape index (κ3) is 12.5. The summed E-state index contributed by atoms with van der Waals surface area (Å²) in [6.45, 7) is 3.01. The van der Waals surface area contributed by atoms with Crippen LogP contribution < -0.4 is 33.2 Å². The average molecular weight is 490 g/mol. The first kappa shape index (κ1) is 30.5. The minimum Gasteiger partial charge on any atom is -0.481 e. The van der Waals surface area contributed by atoms with Crippen molar-refractivity contribution in [3.63, 3.8) is 0 Å². The van der Waals surface area contributed by atoms with Gasteiger partial charge in [-0.3, -0.25) is 24.2 Å². The number of aliphatic hydroxyl groups is 1. The number of aliphatic imine (C=N–C) groups is 1. The van der Waals surface area contributed by atoms with Crippen LogP contribution >= 0.6 is 0 Å². The lowest BCUT2D eigenvalue weighted by atomic mass is 10.0. The summed E-state index contributed by atoms with van der Waals surface area (Å²) in [5, 5.41) is 34.0. The largest absolute Gasteiger partial charge is 0.481 e. The second kappa shape index (κ2) is 15.4. The molecule has 0 rings (SSSR count). The van der Waals surface area contributed by atoms with Crippen molar-refractivity contribution in [2.24, 2.45) is 28.1 Å². The second-order valence-corrected chi connectivity index (χ2v) is 7.99. The summed E-state index contributed by atoms with van der Waals surface area (Å²) in [4.78, 5) is 63.6. The van der Waals surface area contributed by atoms with Gasteiger partial charge in [0.1, 0.15) is 24.2 Å². The molecule has 4 atom stereocenters. The Bertz CT molecular complexity index is 755. The highest BCUT2D eigenvalue weighted by Crippen LogP contribution is 2.08. The SMILES string of the molecule is CC(C)CC(NC(=O)C(CCCN=C(N)N)NC(=O)C(N)CO)C(=O)NC(CC(=O)O)C(=O)O. The monoisotopic (exact) mass is 489 g/mol. The van der Waals surface area contributed by atoms with E-state index in [0.717, 1.165) is 0 Å². The number of nitrogens with zero attached hydrogens (tertiary/aromatic N) is 1. The zero-order valence-corrected chi connectivity index (χ0v) is 19.2. The molecule has 0 bridgehead atoms. The molecule has 0 aromatic heterocycles. The van der Waals surface area contributed by atoms with E-state index in [9.17, 15) is 24.0 Å². The van der Waals surface area contributed by atoms with Crippen LogP contribution in [0.1, 0.15) is 39.5 Å². The molecule has 34 heavy (non-hydrogen) atoms. The number of hydrogen-bond acceptors (Lipinski definition) is 8. The molecule has 3 amide bonds. The van der Waals surface area contributed by atoms with Crippen LogP contribution in [0.4, 0.5) is 0 Å². The Hall–Kier alpha value is -3.46. The Morgan fingerprint density at radius 3 is 1.88 bits per heavy atom. The fourth-order valence-electron chi connectivity index (χ4n) is 2.76. The van der Waals surface area contributed by atoms with Crippen molar-refractivity contribution in [1.82, 2.24) is 16.0 Å². The molecule has 0 aliphatic carbocycles. The Kier molecular flexibility index (Phi) is 13.8. The Morgan fingerprint density at radius 1 is 0.882 bits per heavy atom. The Morgan fingerprint density at radius 2 is 1.41 bits per heavy atom. The number of amides is 3. The van der Waals surface area contributed by atoms with Crippen molar-refractivity contribution in [2.45, 2.75) is 63.7 Å². The van der Waals surface area contributed by atoms with E-state index in [0.29, 0.717) is 0 Å². The van der Waals surface area contributed by atoms with Gasteiger partial charge in [-0.2, -0.15) is 0 Å². The zero-order chi connectivity index (χ0) is 26.4. The first-order valence-electron chi connectivity index (χ1n) is 10.6. The van der Waals surface area contributed by atoms with Crippen LogP contribution in [0.15, 0.2) is 4.99 Å². The Labute approximate surface area is 196 Å². The highest BCUT2D eigenvalue weighted by Gasteiger charge is 2.31. The van der Waals surface area contributed by atoms with Crippen LogP contribution in [0.3, 0.4) is 0 Å². The van der Waals surface area contributed by atoms with Gasteiger partial charge in [-0.25, -0.2) is 4.79 Å². The summed E-state index contributed by atoms with van der Waals surface area (Å²) in [5.74, 6) is -5.72. The topological polar surface area (TPSA) is 273 Å². The van der Waals surface area contributed by atoms with Crippen molar-refractivity contribution in [3.05, 3.63) is 0 Å². The molecule has 0 saturated heterocycles. The summed E-state index contributed by atoms with van der Waals surface area (Å²) < 4.78 is 0. The first-order valence-corrected chi connectivity index (χ1v) is 10.6. The molecule has 0 fully saturated rings. The van der Waals surface area contributed by atoms with E-state index in [-0.39, 0.29) is 37.7 Å². The standard InChI is InChI=1S/C19H35N7O8/c1-9(2)6-12(17(32)26-13(18(33)34)7-14(28)29)25-16(31)11(4-3-5-23-19(21)22)24-15(30)10(20)8-27/h9-13,27H,3-8,20H2,1-2H3,(H,24,30)(H,25,31)(H,26,32)(H,28,29)(H,33,34)(H4,21,22,23). The highest BCUT2D eigenvalue weighted by molar-refractivity contribution is 5.94. The highest BCUT2D eigenvalue weighted by atomic mass is 16.4. The number of carbonyl (C=O) groups excluding carboxylic acids is 3. The second-order valence-electron chi connectivity index (χ2n) is 7.99. The quantitative estimate of drug-likeness (QED) is 0.0580. The van der Waals surface area contributed by atoms with Gasteiger partial charge in [0, 0.05) is 6.54 Å². The number of nitrogens with one attached hydrogen (secondary N) is 3. The number of carbonyl (C=O) groups is 5. The van der Waals surface area contributed by atoms with Crippen LogP contribution in [0.2, 0.25) is 0 Å². The van der Waals surface area contributed by atoms with Gasteiger partial charge < -0.3 is 48.5 Å². The third-order valence-electron chi connectivity index (χ3n) is 4.45. The number of carboxylic acid groups (broad SMARTS) is 2. The molecule has 0 radical (unpaired) electrons. The van der Waals surface area contributed by atoms with Crippen LogP contribution in [0.5, 0.6) is 0 Å². The molecule has 0 aromatic rings. The summed E-state index contributed by atoms with van der Waals surface area (Å²) in [5.41, 5.74) is 16.0. The predicted molar refractivity (Wildman–Crippen MR) is 120 cm³/mol. The normalized spacial score (nSPS) is 14.3. The van der Waals surface area contributed by atoms with Crippen LogP contribution in [-0.4, -0.2) is 88.3 Å². The summed E-state index contributed by atoms with van der Waals surface area (Å²) >= 11 is 0. The van der Waals surface area contributed by atoms with Gasteiger partial charge in [0.15, 0.2) is 5.96 Å². The molecule has 0 heterocycles. The van der Waals surface area contributed by atoms with Crippen molar-refractivity contribution in [3.8, 4) is 0 Å². The number of hydrogen-bond donors (Lipinski definition) is 9. The smallest absolute Gasteiger partial charge is 0.326 e. The molecule has 15 heteroatoms. The molecule has 0 aliphatic heterocycles. The van der Waals surface area contributed by atoms with E-state index < -0.39 is 66.9 Å². The molecule has 12 N–H and O–H groups in total. The fraction of sp³-hybridized carbons (Fsp3) is 0.684. The van der Waals surface area contributed by atoms with Gasteiger partial charge in [-0.05, 0) is 25.2 Å². The van der Waals surface area contributed by atoms with Crippen LogP contribution in [0.25, 0.3) is 0 Å². The van der Waals surface area contributed by atoms with E-state index in [1.54, 1.807) is 13.8 Å². The predicted octanol–water partition coefficient (Wildman–Crippen LogP) is -3.58. The van der Waals surface area contributed by atoms with E-state index in [4.69, 9.17) is 32.5 Å². The third-order valence-corrected chi connectivity index (χ3v) is 4.45.